The Morgan fingerprint density at radius 2 is 2.62 bits per heavy atom. The molecule has 0 aromatic carbocycles. The summed E-state index contributed by atoms with van der Waals surface area (Å²) in [7, 11) is 0. The van der Waals surface area contributed by atoms with E-state index in [0.717, 1.165) is 0 Å². The topological polar surface area (TPSA) is 50.4 Å². The van der Waals surface area contributed by atoms with Crippen LogP contribution in [0.25, 0.3) is 0 Å². The first-order chi connectivity index (χ1) is 3.81. The Morgan fingerprint density at radius 1 is 2.00 bits per heavy atom. The summed E-state index contributed by atoms with van der Waals surface area (Å²) in [6.45, 7) is 0. The van der Waals surface area contributed by atoms with Gasteiger partial charge >= 0.3 is 0 Å². The minimum atomic E-state index is 0.305. The highest BCUT2D eigenvalue weighted by Crippen LogP contribution is 1.82. The van der Waals surface area contributed by atoms with Gasteiger partial charge in [0, 0.05) is 0 Å². The number of hydrazine groups is 1. The first-order valence-corrected chi connectivity index (χ1v) is 3.56. The van der Waals surface area contributed by atoms with Crippen molar-refractivity contribution in [3.05, 3.63) is 0 Å². The molecule has 5 heteroatoms. The third-order valence-corrected chi connectivity index (χ3v) is 0.938. The van der Waals surface area contributed by atoms with Crippen LogP contribution in [0.15, 0.2) is 4.99 Å². The fraction of sp³-hybridized carbons (Fsp3) is 0.333. The van der Waals surface area contributed by atoms with E-state index in [1.54, 1.807) is 5.55 Å². The van der Waals surface area contributed by atoms with E-state index in [-0.39, 0.29) is 0 Å². The maximum Gasteiger partial charge on any atom is 0.207 e. The van der Waals surface area contributed by atoms with Gasteiger partial charge in [0.05, 0.1) is 5.55 Å². The number of nitrogens with zero attached hydrogens (tertiary/aromatic N) is 1. The molecule has 0 aliphatic rings. The highest BCUT2D eigenvalue weighted by atomic mass is 32.2. The van der Waals surface area contributed by atoms with Gasteiger partial charge in [-0.3, -0.25) is 5.43 Å². The van der Waals surface area contributed by atoms with Crippen LogP contribution in [0.4, 0.5) is 0 Å². The van der Waals surface area contributed by atoms with Gasteiger partial charge in [-0.1, -0.05) is 0 Å². The van der Waals surface area contributed by atoms with Crippen LogP contribution in [0.1, 0.15) is 0 Å². The zero-order valence-electron chi connectivity index (χ0n) is 4.42. The number of nitrogens with one attached hydrogen (secondary N) is 1. The van der Waals surface area contributed by atoms with Crippen LogP contribution in [0, 0.1) is 0 Å². The second kappa shape index (κ2) is 5.02. The molecule has 3 nitrogen and oxygen atoms in total. The lowest BCUT2D eigenvalue weighted by atomic mass is 11.1. The molecule has 0 aliphatic heterocycles. The van der Waals surface area contributed by atoms with Crippen molar-refractivity contribution in [1.29, 1.82) is 0 Å². The summed E-state index contributed by atoms with van der Waals surface area (Å²) in [6, 6.07) is 0. The van der Waals surface area contributed by atoms with Crippen molar-refractivity contribution in [2.45, 2.75) is 0 Å². The number of hydrogen-bond donors (Lipinski definition) is 2. The summed E-state index contributed by atoms with van der Waals surface area (Å²) in [4.78, 5) is 3.69. The highest BCUT2D eigenvalue weighted by Gasteiger charge is 1.79. The molecule has 0 bridgehead atoms. The van der Waals surface area contributed by atoms with Gasteiger partial charge in [-0.05, 0) is 18.5 Å². The van der Waals surface area contributed by atoms with E-state index in [2.05, 4.69) is 22.6 Å². The highest BCUT2D eigenvalue weighted by molar-refractivity contribution is 8.11. The van der Waals surface area contributed by atoms with E-state index in [9.17, 15) is 0 Å². The van der Waals surface area contributed by atoms with Gasteiger partial charge in [-0.15, -0.1) is 11.8 Å². The third-order valence-electron chi connectivity index (χ3n) is 0.399. The van der Waals surface area contributed by atoms with Crippen molar-refractivity contribution in [2.24, 2.45) is 10.8 Å². The van der Waals surface area contributed by atoms with Gasteiger partial charge in [0.1, 0.15) is 0 Å². The summed E-state index contributed by atoms with van der Waals surface area (Å²) in [5, 5.41) is 0.305. The predicted octanol–water partition coefficient (Wildman–Crippen LogP) is 0.126. The maximum absolute atomic E-state index is 4.90. The average molecular weight is 149 g/mol. The number of aliphatic imine (C=N–C) groups is 1. The Labute approximate surface area is 57.7 Å². The minimum Gasteiger partial charge on any atom is -0.299 e. The van der Waals surface area contributed by atoms with Crippen molar-refractivity contribution in [1.82, 2.24) is 5.43 Å². The van der Waals surface area contributed by atoms with Gasteiger partial charge in [0.15, 0.2) is 0 Å². The number of thiocarbonyl (C=S) groups is 1. The first kappa shape index (κ1) is 7.87. The number of nitrogens with two attached hydrogens (primary N) is 1. The number of thioether (sulfide) groups is 1. The molecule has 3 N–H and O–H groups in total. The van der Waals surface area contributed by atoms with E-state index in [1.807, 2.05) is 6.26 Å². The smallest absolute Gasteiger partial charge is 0.207 e. The van der Waals surface area contributed by atoms with Crippen molar-refractivity contribution in [3.8, 4) is 0 Å². The lowest BCUT2D eigenvalue weighted by molar-refractivity contribution is 1.04. The van der Waals surface area contributed by atoms with Gasteiger partial charge in [0.25, 0.3) is 0 Å². The molecule has 0 rings (SSSR count). The standard InChI is InChI=1S/C3H7N3S2/c1-8-2-5-3(7)6-4/h2H,4H2,1H3,(H,6,7). The van der Waals surface area contributed by atoms with Gasteiger partial charge in [0.2, 0.25) is 5.11 Å². The molecule has 0 spiro atoms. The first-order valence-electron chi connectivity index (χ1n) is 1.87. The molecular weight excluding hydrogens is 142 g/mol. The van der Waals surface area contributed by atoms with Crippen LogP contribution >= 0.6 is 24.0 Å². The molecule has 0 radical (unpaired) electrons. The summed E-state index contributed by atoms with van der Waals surface area (Å²) in [6.07, 6.45) is 1.89. The van der Waals surface area contributed by atoms with Gasteiger partial charge in [-0.2, -0.15) is 0 Å². The zero-order chi connectivity index (χ0) is 6.41. The lowest BCUT2D eigenvalue weighted by Gasteiger charge is -1.89. The summed E-state index contributed by atoms with van der Waals surface area (Å²) in [5.74, 6) is 4.90. The van der Waals surface area contributed by atoms with E-state index in [0.29, 0.717) is 5.11 Å². The van der Waals surface area contributed by atoms with Crippen LogP contribution in [0.2, 0.25) is 0 Å². The molecule has 0 atom stereocenters. The second-order valence-corrected chi connectivity index (χ2v) is 1.99. The Bertz CT molecular complexity index is 101. The van der Waals surface area contributed by atoms with E-state index in [1.165, 1.54) is 11.8 Å². The summed E-state index contributed by atoms with van der Waals surface area (Å²) >= 11 is 6.04. The van der Waals surface area contributed by atoms with Crippen LogP contribution < -0.4 is 11.3 Å². The van der Waals surface area contributed by atoms with Crippen LogP contribution in [-0.4, -0.2) is 16.9 Å². The molecule has 8 heavy (non-hydrogen) atoms. The molecule has 0 aromatic heterocycles. The normalized spacial score (nSPS) is 9.75. The molecule has 0 unspecified atom stereocenters. The molecule has 0 saturated carbocycles. The third kappa shape index (κ3) is 4.04. The van der Waals surface area contributed by atoms with Crippen molar-refractivity contribution >= 4 is 34.6 Å². The average Bonchev–Trinajstić information content (AvgIpc) is 1.83. The van der Waals surface area contributed by atoms with Gasteiger partial charge in [-0.25, -0.2) is 10.8 Å². The SMILES string of the molecule is CSC=NC(=S)NN. The monoisotopic (exact) mass is 149 g/mol. The molecule has 0 saturated heterocycles. The Kier molecular flexibility index (Phi) is 4.93. The molecule has 0 aromatic rings. The Balaban J connectivity index is 3.37. The van der Waals surface area contributed by atoms with Crippen LogP contribution in [-0.2, 0) is 0 Å². The van der Waals surface area contributed by atoms with Crippen molar-refractivity contribution in [3.63, 3.8) is 0 Å². The van der Waals surface area contributed by atoms with Crippen molar-refractivity contribution in [2.75, 3.05) is 6.26 Å². The van der Waals surface area contributed by atoms with Gasteiger partial charge < -0.3 is 0 Å². The molecule has 46 valence electrons. The molecule has 0 aliphatic carbocycles. The molecule has 0 heterocycles. The fourth-order valence-electron chi connectivity index (χ4n) is 0.138. The van der Waals surface area contributed by atoms with E-state index >= 15 is 0 Å². The Morgan fingerprint density at radius 3 is 3.00 bits per heavy atom. The lowest BCUT2D eigenvalue weighted by Crippen LogP contribution is -2.26. The second-order valence-electron chi connectivity index (χ2n) is 0.920. The van der Waals surface area contributed by atoms with Crippen molar-refractivity contribution < 1.29 is 0 Å². The van der Waals surface area contributed by atoms with Crippen LogP contribution in [0.3, 0.4) is 0 Å². The minimum absolute atomic E-state index is 0.305. The molecule has 0 amide bonds. The summed E-state index contributed by atoms with van der Waals surface area (Å²) < 4.78 is 0. The van der Waals surface area contributed by atoms with Crippen LogP contribution in [0.5, 0.6) is 0 Å². The quantitative estimate of drug-likeness (QED) is 0.183. The number of rotatable bonds is 1. The zero-order valence-corrected chi connectivity index (χ0v) is 6.05. The summed E-state index contributed by atoms with van der Waals surface area (Å²) in [5.41, 5.74) is 3.83. The Hall–Kier alpha value is -0.130. The molecule has 0 fully saturated rings. The van der Waals surface area contributed by atoms with E-state index in [4.69, 9.17) is 5.84 Å². The number of hydrogen-bond acceptors (Lipinski definition) is 3. The maximum atomic E-state index is 4.90. The largest absolute Gasteiger partial charge is 0.299 e. The molecular formula is C3H7N3S2. The predicted molar refractivity (Wildman–Crippen MR) is 41.9 cm³/mol. The fourth-order valence-corrected chi connectivity index (χ4v) is 0.468. The van der Waals surface area contributed by atoms with E-state index < -0.39 is 0 Å².